The molecule has 144 valence electrons. The standard InChI is InChI=1S/C22H22N2O3S/c1-16-7-3-4-8-19(16)22-23-20-9-5-6-10-21(20)28(25,26)24(22)15-17-11-13-18(27-2)14-12-17/h3-14,22-23H,15H2,1-2H3. The number of nitrogens with one attached hydrogen (secondary N) is 1. The van der Waals surface area contributed by atoms with Crippen LogP contribution < -0.4 is 10.1 Å². The maximum Gasteiger partial charge on any atom is 0.247 e. The summed E-state index contributed by atoms with van der Waals surface area (Å²) in [5.74, 6) is 0.740. The zero-order valence-corrected chi connectivity index (χ0v) is 16.6. The summed E-state index contributed by atoms with van der Waals surface area (Å²) in [6, 6.07) is 22.4. The summed E-state index contributed by atoms with van der Waals surface area (Å²) in [4.78, 5) is 0.299. The molecule has 0 saturated heterocycles. The van der Waals surface area contributed by atoms with Crippen LogP contribution in [-0.4, -0.2) is 19.8 Å². The first-order chi connectivity index (χ1) is 13.5. The number of rotatable bonds is 4. The lowest BCUT2D eigenvalue weighted by Gasteiger charge is -2.38. The molecule has 1 aliphatic heterocycles. The van der Waals surface area contributed by atoms with Gasteiger partial charge in [0.15, 0.2) is 0 Å². The van der Waals surface area contributed by atoms with Crippen molar-refractivity contribution in [3.05, 3.63) is 89.5 Å². The first-order valence-corrected chi connectivity index (χ1v) is 10.5. The molecule has 3 aromatic carbocycles. The molecule has 6 heteroatoms. The Morgan fingerprint density at radius 3 is 2.36 bits per heavy atom. The maximum atomic E-state index is 13.5. The van der Waals surface area contributed by atoms with Gasteiger partial charge < -0.3 is 10.1 Å². The number of aryl methyl sites for hydroxylation is 1. The maximum absolute atomic E-state index is 13.5. The van der Waals surface area contributed by atoms with E-state index in [0.29, 0.717) is 10.6 Å². The third-order valence-corrected chi connectivity index (χ3v) is 6.90. The van der Waals surface area contributed by atoms with E-state index in [-0.39, 0.29) is 6.54 Å². The van der Waals surface area contributed by atoms with Crippen molar-refractivity contribution in [2.24, 2.45) is 0 Å². The number of ether oxygens (including phenoxy) is 1. The Labute approximate surface area is 165 Å². The third-order valence-electron chi connectivity index (χ3n) is 5.03. The molecule has 4 rings (SSSR count). The number of anilines is 1. The van der Waals surface area contributed by atoms with Crippen molar-refractivity contribution < 1.29 is 13.2 Å². The highest BCUT2D eigenvalue weighted by atomic mass is 32.2. The fourth-order valence-corrected chi connectivity index (χ4v) is 5.18. The van der Waals surface area contributed by atoms with Crippen molar-refractivity contribution in [1.29, 1.82) is 0 Å². The van der Waals surface area contributed by atoms with Gasteiger partial charge in [-0.25, -0.2) is 8.42 Å². The molecule has 0 fully saturated rings. The Kier molecular flexibility index (Phi) is 4.83. The second-order valence-corrected chi connectivity index (χ2v) is 8.66. The first kappa shape index (κ1) is 18.5. The van der Waals surface area contributed by atoms with Crippen molar-refractivity contribution in [1.82, 2.24) is 4.31 Å². The van der Waals surface area contributed by atoms with Crippen molar-refractivity contribution in [3.8, 4) is 5.75 Å². The summed E-state index contributed by atoms with van der Waals surface area (Å²) in [5.41, 5.74) is 3.49. The highest BCUT2D eigenvalue weighted by Crippen LogP contribution is 2.39. The van der Waals surface area contributed by atoms with Gasteiger partial charge in [-0.1, -0.05) is 48.5 Å². The Morgan fingerprint density at radius 1 is 0.964 bits per heavy atom. The molecule has 0 aromatic heterocycles. The summed E-state index contributed by atoms with van der Waals surface area (Å²) in [6.45, 7) is 2.25. The fourth-order valence-electron chi connectivity index (χ4n) is 3.51. The van der Waals surface area contributed by atoms with Crippen LogP contribution in [0.4, 0.5) is 5.69 Å². The van der Waals surface area contributed by atoms with Gasteiger partial charge in [0.2, 0.25) is 10.0 Å². The van der Waals surface area contributed by atoms with E-state index in [1.165, 1.54) is 4.31 Å². The van der Waals surface area contributed by atoms with Gasteiger partial charge in [-0.15, -0.1) is 0 Å². The number of hydrogen-bond acceptors (Lipinski definition) is 4. The summed E-state index contributed by atoms with van der Waals surface area (Å²) >= 11 is 0. The molecule has 1 unspecified atom stereocenters. The first-order valence-electron chi connectivity index (χ1n) is 9.06. The largest absolute Gasteiger partial charge is 0.497 e. The van der Waals surface area contributed by atoms with E-state index in [2.05, 4.69) is 5.32 Å². The minimum atomic E-state index is -3.67. The van der Waals surface area contributed by atoms with Crippen LogP contribution in [0.25, 0.3) is 0 Å². The Hall–Kier alpha value is -2.83. The molecule has 0 saturated carbocycles. The predicted octanol–water partition coefficient (Wildman–Crippen LogP) is 4.32. The quantitative estimate of drug-likeness (QED) is 0.716. The van der Waals surface area contributed by atoms with Crippen molar-refractivity contribution in [2.75, 3.05) is 12.4 Å². The molecule has 1 N–H and O–H groups in total. The van der Waals surface area contributed by atoms with Gasteiger partial charge >= 0.3 is 0 Å². The van der Waals surface area contributed by atoms with E-state index in [9.17, 15) is 8.42 Å². The lowest BCUT2D eigenvalue weighted by molar-refractivity contribution is 0.335. The lowest BCUT2D eigenvalue weighted by Crippen LogP contribution is -2.42. The number of methoxy groups -OCH3 is 1. The van der Waals surface area contributed by atoms with Gasteiger partial charge in [0.25, 0.3) is 0 Å². The number of benzene rings is 3. The van der Waals surface area contributed by atoms with Gasteiger partial charge in [-0.2, -0.15) is 4.31 Å². The molecule has 0 radical (unpaired) electrons. The van der Waals surface area contributed by atoms with E-state index in [0.717, 1.165) is 22.4 Å². The van der Waals surface area contributed by atoms with Crippen LogP contribution in [0.1, 0.15) is 22.9 Å². The van der Waals surface area contributed by atoms with Crippen molar-refractivity contribution in [3.63, 3.8) is 0 Å². The highest BCUT2D eigenvalue weighted by Gasteiger charge is 2.39. The summed E-state index contributed by atoms with van der Waals surface area (Å²) in [5, 5.41) is 3.42. The molecule has 28 heavy (non-hydrogen) atoms. The monoisotopic (exact) mass is 394 g/mol. The minimum Gasteiger partial charge on any atom is -0.497 e. The molecule has 1 aliphatic rings. The average Bonchev–Trinajstić information content (AvgIpc) is 2.71. The normalized spacial score (nSPS) is 18.1. The SMILES string of the molecule is COc1ccc(CN2C(c3ccccc3C)Nc3ccccc3S2(=O)=O)cc1. The van der Waals surface area contributed by atoms with E-state index in [1.54, 1.807) is 19.2 Å². The summed E-state index contributed by atoms with van der Waals surface area (Å²) in [6.07, 6.45) is -0.483. The Morgan fingerprint density at radius 2 is 1.64 bits per heavy atom. The van der Waals surface area contributed by atoms with Gasteiger partial charge in [-0.3, -0.25) is 0 Å². The molecular weight excluding hydrogens is 372 g/mol. The molecule has 0 amide bonds. The van der Waals surface area contributed by atoms with Gasteiger partial charge in [0.1, 0.15) is 16.8 Å². The highest BCUT2D eigenvalue weighted by molar-refractivity contribution is 7.89. The number of fused-ring (bicyclic) bond motifs is 1. The number of nitrogens with zero attached hydrogens (tertiary/aromatic N) is 1. The van der Waals surface area contributed by atoms with Crippen LogP contribution in [0.3, 0.4) is 0 Å². The Balaban J connectivity index is 1.81. The van der Waals surface area contributed by atoms with Crippen molar-refractivity contribution in [2.45, 2.75) is 24.5 Å². The van der Waals surface area contributed by atoms with E-state index in [1.807, 2.05) is 67.6 Å². The minimum absolute atomic E-state index is 0.257. The lowest BCUT2D eigenvalue weighted by atomic mass is 10.1. The van der Waals surface area contributed by atoms with Gasteiger partial charge in [-0.05, 0) is 47.9 Å². The Bertz CT molecular complexity index is 1090. The molecule has 1 atom stereocenters. The van der Waals surface area contributed by atoms with Crippen LogP contribution >= 0.6 is 0 Å². The smallest absolute Gasteiger partial charge is 0.247 e. The van der Waals surface area contributed by atoms with E-state index in [4.69, 9.17) is 4.74 Å². The third kappa shape index (κ3) is 3.25. The molecule has 5 nitrogen and oxygen atoms in total. The van der Waals surface area contributed by atoms with Gasteiger partial charge in [0.05, 0.1) is 12.8 Å². The molecule has 1 heterocycles. The zero-order valence-electron chi connectivity index (χ0n) is 15.8. The number of hydrogen-bond donors (Lipinski definition) is 1. The molecule has 3 aromatic rings. The van der Waals surface area contributed by atoms with Crippen LogP contribution in [0, 0.1) is 6.92 Å². The molecule has 0 spiro atoms. The summed E-state index contributed by atoms with van der Waals surface area (Å²) in [7, 11) is -2.06. The van der Waals surface area contributed by atoms with E-state index < -0.39 is 16.2 Å². The second-order valence-electron chi connectivity index (χ2n) is 6.80. The van der Waals surface area contributed by atoms with E-state index >= 15 is 0 Å². The van der Waals surface area contributed by atoms with Crippen LogP contribution in [0.15, 0.2) is 77.7 Å². The number of para-hydroxylation sites is 1. The summed E-state index contributed by atoms with van der Waals surface area (Å²) < 4.78 is 33.7. The molecular formula is C22H22N2O3S. The average molecular weight is 394 g/mol. The van der Waals surface area contributed by atoms with Gasteiger partial charge in [0, 0.05) is 6.54 Å². The van der Waals surface area contributed by atoms with Crippen LogP contribution in [0.2, 0.25) is 0 Å². The van der Waals surface area contributed by atoms with Crippen molar-refractivity contribution >= 4 is 15.7 Å². The second kappa shape index (κ2) is 7.30. The predicted molar refractivity (Wildman–Crippen MR) is 110 cm³/mol. The number of sulfonamides is 1. The van der Waals surface area contributed by atoms with Crippen LogP contribution in [-0.2, 0) is 16.6 Å². The zero-order chi connectivity index (χ0) is 19.7. The molecule has 0 aliphatic carbocycles. The van der Waals surface area contributed by atoms with Crippen LogP contribution in [0.5, 0.6) is 5.75 Å². The fraction of sp³-hybridized carbons (Fsp3) is 0.182. The molecule has 0 bridgehead atoms. The topological polar surface area (TPSA) is 58.6 Å².